The van der Waals surface area contributed by atoms with Crippen LogP contribution < -0.4 is 5.73 Å². The van der Waals surface area contributed by atoms with Gasteiger partial charge in [-0.2, -0.15) is 20.2 Å². The Labute approximate surface area is 162 Å². The molecule has 4 aromatic rings. The Balaban J connectivity index is 1.54. The molecule has 0 saturated heterocycles. The number of nitrogen functional groups attached to an aromatic ring is 1. The quantitative estimate of drug-likeness (QED) is 0.406. The first-order valence-corrected chi connectivity index (χ1v) is 8.97. The number of non-ortho nitro benzene ring substituents is 1. The Bertz CT molecular complexity index is 1260. The predicted molar refractivity (Wildman–Crippen MR) is 101 cm³/mol. The van der Waals surface area contributed by atoms with Crippen molar-refractivity contribution in [2.75, 3.05) is 5.73 Å². The van der Waals surface area contributed by atoms with Crippen LogP contribution in [0.1, 0.15) is 30.0 Å². The Morgan fingerprint density at radius 1 is 1.28 bits per heavy atom. The third kappa shape index (κ3) is 3.06. The van der Waals surface area contributed by atoms with Crippen molar-refractivity contribution in [2.45, 2.75) is 25.3 Å². The van der Waals surface area contributed by atoms with Gasteiger partial charge >= 0.3 is 0 Å². The molecule has 2 N–H and O–H groups in total. The highest BCUT2D eigenvalue weighted by atomic mass is 19.1. The van der Waals surface area contributed by atoms with Gasteiger partial charge in [0.05, 0.1) is 34.8 Å². The number of fused-ring (bicyclic) bond motifs is 1. The van der Waals surface area contributed by atoms with E-state index in [1.807, 2.05) is 12.3 Å². The first kappa shape index (κ1) is 17.2. The van der Waals surface area contributed by atoms with Crippen LogP contribution in [0.4, 0.5) is 16.0 Å². The predicted octanol–water partition coefficient (Wildman–Crippen LogP) is 2.57. The highest BCUT2D eigenvalue weighted by Crippen LogP contribution is 2.39. The second-order valence-electron chi connectivity index (χ2n) is 6.94. The van der Waals surface area contributed by atoms with E-state index in [0.29, 0.717) is 22.8 Å². The SMILES string of the molecule is Nc1nc(-n2ccc(C3CC3)n2)c2cnn(Cc3ccc([N+](=O)[O-])cc3F)c2n1. The Hall–Kier alpha value is -3.89. The second kappa shape index (κ2) is 6.33. The van der Waals surface area contributed by atoms with Gasteiger partial charge in [0.15, 0.2) is 11.5 Å². The highest BCUT2D eigenvalue weighted by molar-refractivity contribution is 5.83. The van der Waals surface area contributed by atoms with E-state index in [-0.39, 0.29) is 23.7 Å². The lowest BCUT2D eigenvalue weighted by atomic mass is 10.2. The van der Waals surface area contributed by atoms with Gasteiger partial charge in [-0.15, -0.1) is 0 Å². The first-order chi connectivity index (χ1) is 14.0. The van der Waals surface area contributed by atoms with Crippen molar-refractivity contribution in [1.82, 2.24) is 29.5 Å². The van der Waals surface area contributed by atoms with E-state index in [4.69, 9.17) is 5.73 Å². The van der Waals surface area contributed by atoms with Gasteiger partial charge in [-0.3, -0.25) is 10.1 Å². The normalized spacial score (nSPS) is 13.8. The molecular weight excluding hydrogens is 379 g/mol. The van der Waals surface area contributed by atoms with Crippen LogP contribution in [0.3, 0.4) is 0 Å². The standard InChI is InChI=1S/C18H15FN8O2/c19-14-7-12(27(28)29)4-3-11(14)9-26-17-13(8-21-26)16(22-18(20)23-17)25-6-5-15(24-25)10-1-2-10/h3-8,10H,1-2,9H2,(H2,20,22,23). The molecule has 1 aromatic carbocycles. The molecule has 5 rings (SSSR count). The Kier molecular flexibility index (Phi) is 3.76. The summed E-state index contributed by atoms with van der Waals surface area (Å²) in [4.78, 5) is 18.7. The third-order valence-corrected chi connectivity index (χ3v) is 4.88. The van der Waals surface area contributed by atoms with Gasteiger partial charge in [-0.05, 0) is 25.0 Å². The van der Waals surface area contributed by atoms with Crippen LogP contribution in [-0.4, -0.2) is 34.5 Å². The van der Waals surface area contributed by atoms with Gasteiger partial charge in [0.25, 0.3) is 5.69 Å². The summed E-state index contributed by atoms with van der Waals surface area (Å²) < 4.78 is 17.4. The van der Waals surface area contributed by atoms with Crippen molar-refractivity contribution in [3.05, 3.63) is 63.8 Å². The number of nitrogens with zero attached hydrogens (tertiary/aromatic N) is 7. The van der Waals surface area contributed by atoms with Crippen molar-refractivity contribution in [3.8, 4) is 5.82 Å². The second-order valence-corrected chi connectivity index (χ2v) is 6.94. The fourth-order valence-corrected chi connectivity index (χ4v) is 3.24. The number of nitro benzene ring substituents is 1. The van der Waals surface area contributed by atoms with Crippen LogP contribution in [0.2, 0.25) is 0 Å². The zero-order chi connectivity index (χ0) is 20.1. The molecule has 0 bridgehead atoms. The molecule has 1 aliphatic rings. The van der Waals surface area contributed by atoms with Crippen LogP contribution in [-0.2, 0) is 6.54 Å². The van der Waals surface area contributed by atoms with Gasteiger partial charge in [0.1, 0.15) is 5.82 Å². The average molecular weight is 394 g/mol. The number of aromatic nitrogens is 6. The summed E-state index contributed by atoms with van der Waals surface area (Å²) in [6.07, 6.45) is 5.67. The van der Waals surface area contributed by atoms with Crippen molar-refractivity contribution in [1.29, 1.82) is 0 Å². The van der Waals surface area contributed by atoms with Crippen LogP contribution in [0, 0.1) is 15.9 Å². The highest BCUT2D eigenvalue weighted by Gasteiger charge is 2.26. The number of hydrogen-bond donors (Lipinski definition) is 1. The van der Waals surface area contributed by atoms with Gasteiger partial charge in [0, 0.05) is 23.7 Å². The van der Waals surface area contributed by atoms with E-state index in [0.717, 1.165) is 24.6 Å². The molecule has 0 amide bonds. The smallest absolute Gasteiger partial charge is 0.272 e. The number of rotatable bonds is 5. The lowest BCUT2D eigenvalue weighted by molar-refractivity contribution is -0.385. The molecule has 3 aromatic heterocycles. The lowest BCUT2D eigenvalue weighted by Gasteiger charge is -2.07. The molecule has 0 aliphatic heterocycles. The van der Waals surface area contributed by atoms with Gasteiger partial charge in [0.2, 0.25) is 5.95 Å². The molecule has 1 saturated carbocycles. The number of hydrogen-bond acceptors (Lipinski definition) is 7. The lowest BCUT2D eigenvalue weighted by Crippen LogP contribution is -2.08. The number of benzene rings is 1. The Morgan fingerprint density at radius 3 is 2.83 bits per heavy atom. The number of halogens is 1. The summed E-state index contributed by atoms with van der Waals surface area (Å²) in [7, 11) is 0. The number of nitro groups is 1. The molecule has 1 aliphatic carbocycles. The zero-order valence-electron chi connectivity index (χ0n) is 15.1. The van der Waals surface area contributed by atoms with Gasteiger partial charge in [-0.25, -0.2) is 13.8 Å². The maximum Gasteiger partial charge on any atom is 0.272 e. The minimum Gasteiger partial charge on any atom is -0.368 e. The van der Waals surface area contributed by atoms with Gasteiger partial charge in [-0.1, -0.05) is 0 Å². The average Bonchev–Trinajstić information content (AvgIpc) is 3.29. The fraction of sp³-hybridized carbons (Fsp3) is 0.222. The molecule has 1 fully saturated rings. The van der Waals surface area contributed by atoms with Crippen LogP contribution in [0.15, 0.2) is 36.7 Å². The number of nitrogens with two attached hydrogens (primary N) is 1. The monoisotopic (exact) mass is 394 g/mol. The first-order valence-electron chi connectivity index (χ1n) is 8.97. The molecule has 11 heteroatoms. The molecule has 0 radical (unpaired) electrons. The summed E-state index contributed by atoms with van der Waals surface area (Å²) in [5.74, 6) is 0.349. The van der Waals surface area contributed by atoms with Gasteiger partial charge < -0.3 is 5.73 Å². The molecule has 29 heavy (non-hydrogen) atoms. The minimum absolute atomic E-state index is 0.0374. The molecule has 0 spiro atoms. The van der Waals surface area contributed by atoms with Crippen molar-refractivity contribution in [3.63, 3.8) is 0 Å². The van der Waals surface area contributed by atoms with E-state index >= 15 is 0 Å². The van der Waals surface area contributed by atoms with E-state index in [1.165, 1.54) is 16.8 Å². The molecule has 10 nitrogen and oxygen atoms in total. The summed E-state index contributed by atoms with van der Waals surface area (Å²) in [6.45, 7) is 0.0374. The fourth-order valence-electron chi connectivity index (χ4n) is 3.24. The van der Waals surface area contributed by atoms with Crippen LogP contribution >= 0.6 is 0 Å². The minimum atomic E-state index is -0.689. The maximum absolute atomic E-state index is 14.3. The van der Waals surface area contributed by atoms with Crippen molar-refractivity contribution in [2.24, 2.45) is 0 Å². The molecular formula is C18H15FN8O2. The third-order valence-electron chi connectivity index (χ3n) is 4.88. The summed E-state index contributed by atoms with van der Waals surface area (Å²) in [6, 6.07) is 5.46. The van der Waals surface area contributed by atoms with Crippen LogP contribution in [0.5, 0.6) is 0 Å². The van der Waals surface area contributed by atoms with E-state index in [2.05, 4.69) is 20.2 Å². The molecule has 0 atom stereocenters. The van der Waals surface area contributed by atoms with Crippen LogP contribution in [0.25, 0.3) is 16.9 Å². The van der Waals surface area contributed by atoms with E-state index < -0.39 is 10.7 Å². The van der Waals surface area contributed by atoms with E-state index in [1.54, 1.807) is 10.9 Å². The summed E-state index contributed by atoms with van der Waals surface area (Å²) >= 11 is 0. The van der Waals surface area contributed by atoms with Crippen molar-refractivity contribution < 1.29 is 9.31 Å². The number of anilines is 1. The molecule has 146 valence electrons. The van der Waals surface area contributed by atoms with E-state index in [9.17, 15) is 14.5 Å². The largest absolute Gasteiger partial charge is 0.368 e. The van der Waals surface area contributed by atoms with Crippen molar-refractivity contribution >= 4 is 22.7 Å². The molecule has 0 unspecified atom stereocenters. The summed E-state index contributed by atoms with van der Waals surface area (Å²) in [5, 5.41) is 20.3. The zero-order valence-corrected chi connectivity index (χ0v) is 15.1. The molecule has 3 heterocycles. The topological polar surface area (TPSA) is 131 Å². The maximum atomic E-state index is 14.3. The Morgan fingerprint density at radius 2 is 2.10 bits per heavy atom. The summed E-state index contributed by atoms with van der Waals surface area (Å²) in [5.41, 5.74) is 7.26.